The summed E-state index contributed by atoms with van der Waals surface area (Å²) < 4.78 is 32.6. The van der Waals surface area contributed by atoms with Gasteiger partial charge in [-0.25, -0.2) is 8.42 Å². The summed E-state index contributed by atoms with van der Waals surface area (Å²) in [7, 11) is -3.60. The third-order valence-electron chi connectivity index (χ3n) is 3.71. The number of benzene rings is 1. The molecule has 0 amide bonds. The van der Waals surface area contributed by atoms with Crippen molar-refractivity contribution in [2.75, 3.05) is 19.7 Å². The Morgan fingerprint density at radius 3 is 2.25 bits per heavy atom. The van der Waals surface area contributed by atoms with Crippen LogP contribution in [0.5, 0.6) is 5.75 Å². The predicted octanol–water partition coefficient (Wildman–Crippen LogP) is 3.43. The fraction of sp³-hybridized carbons (Fsp3) is 0.667. The first kappa shape index (κ1) is 20.9. The molecule has 0 heterocycles. The van der Waals surface area contributed by atoms with Crippen LogP contribution >= 0.6 is 0 Å². The zero-order valence-corrected chi connectivity index (χ0v) is 15.9. The number of unbranched alkanes of at least 4 members (excludes halogenated alkanes) is 3. The van der Waals surface area contributed by atoms with E-state index in [1.807, 2.05) is 0 Å². The number of ether oxygens (including phenoxy) is 1. The molecule has 1 aromatic carbocycles. The van der Waals surface area contributed by atoms with Crippen molar-refractivity contribution in [3.8, 4) is 5.75 Å². The molecule has 0 fully saturated rings. The second-order valence-electron chi connectivity index (χ2n) is 6.09. The summed E-state index contributed by atoms with van der Waals surface area (Å²) in [4.78, 5) is 0.238. The molecular weight excluding hydrogens is 326 g/mol. The van der Waals surface area contributed by atoms with Crippen LogP contribution < -0.4 is 4.74 Å². The van der Waals surface area contributed by atoms with Crippen molar-refractivity contribution in [3.05, 3.63) is 24.3 Å². The van der Waals surface area contributed by atoms with Crippen LogP contribution in [0.25, 0.3) is 0 Å². The second-order valence-corrected chi connectivity index (χ2v) is 8.03. The zero-order valence-electron chi connectivity index (χ0n) is 15.1. The molecule has 1 rings (SSSR count). The lowest BCUT2D eigenvalue weighted by Gasteiger charge is -2.23. The lowest BCUT2D eigenvalue weighted by atomic mass is 10.2. The molecule has 0 radical (unpaired) electrons. The van der Waals surface area contributed by atoms with Crippen molar-refractivity contribution in [1.82, 2.24) is 4.31 Å². The first-order valence-corrected chi connectivity index (χ1v) is 10.3. The van der Waals surface area contributed by atoms with Crippen molar-refractivity contribution < 1.29 is 18.3 Å². The summed E-state index contributed by atoms with van der Waals surface area (Å²) >= 11 is 0. The Hall–Kier alpha value is -1.11. The van der Waals surface area contributed by atoms with E-state index in [0.717, 1.165) is 32.1 Å². The third kappa shape index (κ3) is 6.79. The number of sulfonamides is 1. The topological polar surface area (TPSA) is 66.8 Å². The Kier molecular flexibility index (Phi) is 9.33. The zero-order chi connectivity index (χ0) is 18.0. The van der Waals surface area contributed by atoms with Gasteiger partial charge in [-0.3, -0.25) is 0 Å². The fourth-order valence-electron chi connectivity index (χ4n) is 2.33. The van der Waals surface area contributed by atoms with Gasteiger partial charge in [0.05, 0.1) is 17.6 Å². The molecule has 0 aliphatic carbocycles. The second kappa shape index (κ2) is 10.7. The first-order chi connectivity index (χ1) is 11.4. The van der Waals surface area contributed by atoms with Gasteiger partial charge < -0.3 is 9.84 Å². The predicted molar refractivity (Wildman–Crippen MR) is 96.8 cm³/mol. The number of aliphatic hydroxyl groups excluding tert-OH is 1. The Morgan fingerprint density at radius 1 is 1.08 bits per heavy atom. The van der Waals surface area contributed by atoms with Crippen LogP contribution in [-0.4, -0.2) is 43.6 Å². The third-order valence-corrected chi connectivity index (χ3v) is 5.59. The smallest absolute Gasteiger partial charge is 0.243 e. The van der Waals surface area contributed by atoms with Crippen LogP contribution in [0.2, 0.25) is 0 Å². The highest BCUT2D eigenvalue weighted by atomic mass is 32.2. The number of nitrogens with zero attached hydrogens (tertiary/aromatic N) is 1. The van der Waals surface area contributed by atoms with Crippen molar-refractivity contribution >= 4 is 10.0 Å². The number of aliphatic hydroxyl groups is 1. The van der Waals surface area contributed by atoms with Gasteiger partial charge in [0, 0.05) is 13.1 Å². The van der Waals surface area contributed by atoms with Gasteiger partial charge in [-0.1, -0.05) is 33.1 Å². The Morgan fingerprint density at radius 2 is 1.71 bits per heavy atom. The molecular formula is C18H31NO4S. The first-order valence-electron chi connectivity index (χ1n) is 8.82. The molecule has 1 aromatic rings. The average molecular weight is 358 g/mol. The van der Waals surface area contributed by atoms with E-state index < -0.39 is 16.1 Å². The summed E-state index contributed by atoms with van der Waals surface area (Å²) in [5.41, 5.74) is 0. The van der Waals surface area contributed by atoms with Crippen molar-refractivity contribution in [1.29, 1.82) is 0 Å². The normalized spacial score (nSPS) is 13.2. The fourth-order valence-corrected chi connectivity index (χ4v) is 3.89. The maximum Gasteiger partial charge on any atom is 0.243 e. The molecule has 1 atom stereocenters. The lowest BCUT2D eigenvalue weighted by molar-refractivity contribution is 0.162. The molecule has 138 valence electrons. The Labute approximate surface area is 146 Å². The monoisotopic (exact) mass is 357 g/mol. The van der Waals surface area contributed by atoms with E-state index in [2.05, 4.69) is 13.8 Å². The molecule has 24 heavy (non-hydrogen) atoms. The van der Waals surface area contributed by atoms with E-state index in [1.54, 1.807) is 31.2 Å². The van der Waals surface area contributed by atoms with E-state index >= 15 is 0 Å². The molecule has 0 aliphatic rings. The van der Waals surface area contributed by atoms with E-state index in [-0.39, 0.29) is 11.4 Å². The minimum atomic E-state index is -3.60. The summed E-state index contributed by atoms with van der Waals surface area (Å²) in [5.74, 6) is 0.676. The highest BCUT2D eigenvalue weighted by molar-refractivity contribution is 7.89. The van der Waals surface area contributed by atoms with Gasteiger partial charge in [0.15, 0.2) is 0 Å². The quantitative estimate of drug-likeness (QED) is 0.582. The Bertz CT molecular complexity index is 555. The minimum Gasteiger partial charge on any atom is -0.494 e. The van der Waals surface area contributed by atoms with Crippen LogP contribution in [-0.2, 0) is 10.0 Å². The van der Waals surface area contributed by atoms with Gasteiger partial charge in [0.25, 0.3) is 0 Å². The molecule has 0 bridgehead atoms. The van der Waals surface area contributed by atoms with Gasteiger partial charge in [0.1, 0.15) is 5.75 Å². The molecule has 0 saturated heterocycles. The largest absolute Gasteiger partial charge is 0.494 e. The number of rotatable bonds is 12. The maximum absolute atomic E-state index is 12.8. The summed E-state index contributed by atoms with van der Waals surface area (Å²) in [6, 6.07) is 6.53. The standard InChI is InChI=1S/C18H31NO4S/c1-4-6-8-13-19(15-16(3)20)24(21,22)18-11-9-17(10-12-18)23-14-7-5-2/h9-12,16,20H,4-8,13-15H2,1-3H3. The van der Waals surface area contributed by atoms with Crippen LogP contribution in [0.1, 0.15) is 52.9 Å². The van der Waals surface area contributed by atoms with E-state index in [4.69, 9.17) is 4.74 Å². The average Bonchev–Trinajstić information content (AvgIpc) is 2.54. The molecule has 0 spiro atoms. The van der Waals surface area contributed by atoms with Crippen molar-refractivity contribution in [2.45, 2.75) is 63.9 Å². The highest BCUT2D eigenvalue weighted by Crippen LogP contribution is 2.21. The SMILES string of the molecule is CCCCCN(CC(C)O)S(=O)(=O)c1ccc(OCCCC)cc1. The van der Waals surface area contributed by atoms with E-state index in [1.165, 1.54) is 4.31 Å². The van der Waals surface area contributed by atoms with Crippen LogP contribution in [0.15, 0.2) is 29.2 Å². The Balaban J connectivity index is 2.84. The maximum atomic E-state index is 12.8. The van der Waals surface area contributed by atoms with E-state index in [0.29, 0.717) is 18.9 Å². The molecule has 6 heteroatoms. The van der Waals surface area contributed by atoms with Crippen LogP contribution in [0.4, 0.5) is 0 Å². The summed E-state index contributed by atoms with van der Waals surface area (Å²) in [6.07, 6.45) is 4.11. The highest BCUT2D eigenvalue weighted by Gasteiger charge is 2.25. The molecule has 0 saturated carbocycles. The summed E-state index contributed by atoms with van der Waals surface area (Å²) in [6.45, 7) is 6.94. The minimum absolute atomic E-state index is 0.112. The van der Waals surface area contributed by atoms with Crippen LogP contribution in [0, 0.1) is 0 Å². The van der Waals surface area contributed by atoms with Gasteiger partial charge in [0.2, 0.25) is 10.0 Å². The van der Waals surface area contributed by atoms with Gasteiger partial charge in [-0.15, -0.1) is 0 Å². The molecule has 5 nitrogen and oxygen atoms in total. The molecule has 0 aromatic heterocycles. The number of hydrogen-bond acceptors (Lipinski definition) is 4. The molecule has 1 unspecified atom stereocenters. The summed E-state index contributed by atoms with van der Waals surface area (Å²) in [5, 5.41) is 9.63. The van der Waals surface area contributed by atoms with Crippen molar-refractivity contribution in [2.24, 2.45) is 0 Å². The van der Waals surface area contributed by atoms with Gasteiger partial charge >= 0.3 is 0 Å². The molecule has 0 aliphatic heterocycles. The van der Waals surface area contributed by atoms with Crippen molar-refractivity contribution in [3.63, 3.8) is 0 Å². The number of hydrogen-bond donors (Lipinski definition) is 1. The van der Waals surface area contributed by atoms with Gasteiger partial charge in [-0.2, -0.15) is 4.31 Å². The molecule has 1 N–H and O–H groups in total. The lowest BCUT2D eigenvalue weighted by Crippen LogP contribution is -2.37. The van der Waals surface area contributed by atoms with Gasteiger partial charge in [-0.05, 0) is 44.0 Å². The van der Waals surface area contributed by atoms with Crippen LogP contribution in [0.3, 0.4) is 0 Å². The van der Waals surface area contributed by atoms with E-state index in [9.17, 15) is 13.5 Å².